The van der Waals surface area contributed by atoms with Gasteiger partial charge in [0.2, 0.25) is 0 Å². The quantitative estimate of drug-likeness (QED) is 0.812. The molecule has 94 valence electrons. The fraction of sp³-hybridized carbons (Fsp3) is 0.154. The van der Waals surface area contributed by atoms with E-state index in [4.69, 9.17) is 5.73 Å². The minimum atomic E-state index is -0.220. The van der Waals surface area contributed by atoms with E-state index in [1.165, 1.54) is 0 Å². The first-order valence-electron chi connectivity index (χ1n) is 5.54. The normalized spacial score (nSPS) is 12.1. The highest BCUT2D eigenvalue weighted by molar-refractivity contribution is 9.10. The third-order valence-corrected chi connectivity index (χ3v) is 3.01. The molecule has 1 aromatic heterocycles. The molecule has 4 nitrogen and oxygen atoms in total. The molecular weight excluding hydrogens is 294 g/mol. The van der Waals surface area contributed by atoms with Crippen LogP contribution in [0.1, 0.15) is 11.6 Å². The molecule has 0 bridgehead atoms. The highest BCUT2D eigenvalue weighted by Crippen LogP contribution is 2.24. The van der Waals surface area contributed by atoms with Crippen molar-refractivity contribution in [3.8, 4) is 0 Å². The van der Waals surface area contributed by atoms with Crippen molar-refractivity contribution in [3.63, 3.8) is 0 Å². The van der Waals surface area contributed by atoms with E-state index in [9.17, 15) is 5.11 Å². The van der Waals surface area contributed by atoms with Crippen molar-refractivity contribution in [2.75, 3.05) is 17.7 Å². The van der Waals surface area contributed by atoms with Gasteiger partial charge in [-0.05, 0) is 27.6 Å². The predicted octanol–water partition coefficient (Wildman–Crippen LogP) is 2.57. The number of aliphatic hydroxyl groups is 1. The van der Waals surface area contributed by atoms with Crippen LogP contribution >= 0.6 is 15.9 Å². The van der Waals surface area contributed by atoms with E-state index in [0.29, 0.717) is 11.5 Å². The fourth-order valence-electron chi connectivity index (χ4n) is 1.66. The summed E-state index contributed by atoms with van der Waals surface area (Å²) in [6.45, 7) is -0.0266. The molecule has 0 saturated heterocycles. The highest BCUT2D eigenvalue weighted by atomic mass is 79.9. The zero-order chi connectivity index (χ0) is 13.0. The van der Waals surface area contributed by atoms with Crippen LogP contribution in [0, 0.1) is 0 Å². The Labute approximate surface area is 114 Å². The molecule has 0 fully saturated rings. The van der Waals surface area contributed by atoms with Crippen molar-refractivity contribution < 1.29 is 5.11 Å². The van der Waals surface area contributed by atoms with E-state index in [2.05, 4.69) is 26.2 Å². The Bertz CT molecular complexity index is 519. The van der Waals surface area contributed by atoms with Crippen molar-refractivity contribution in [1.29, 1.82) is 0 Å². The lowest BCUT2D eigenvalue weighted by Gasteiger charge is -2.18. The summed E-state index contributed by atoms with van der Waals surface area (Å²) in [5.41, 5.74) is 7.40. The molecule has 2 rings (SSSR count). The molecule has 0 aliphatic rings. The molecule has 0 radical (unpaired) electrons. The van der Waals surface area contributed by atoms with Gasteiger partial charge in [-0.3, -0.25) is 0 Å². The number of nitrogens with two attached hydrogens (primary N) is 1. The minimum Gasteiger partial charge on any atom is -0.396 e. The van der Waals surface area contributed by atoms with E-state index < -0.39 is 0 Å². The van der Waals surface area contributed by atoms with Gasteiger partial charge in [0.05, 0.1) is 18.3 Å². The Morgan fingerprint density at radius 3 is 2.67 bits per heavy atom. The van der Waals surface area contributed by atoms with Gasteiger partial charge in [-0.2, -0.15) is 0 Å². The zero-order valence-electron chi connectivity index (χ0n) is 9.68. The molecule has 1 heterocycles. The summed E-state index contributed by atoms with van der Waals surface area (Å²) in [5, 5.41) is 12.6. The number of aliphatic hydroxyl groups excluding tert-OH is 1. The molecule has 1 unspecified atom stereocenters. The molecule has 4 N–H and O–H groups in total. The summed E-state index contributed by atoms with van der Waals surface area (Å²) in [5.74, 6) is 0.570. The number of hydrogen-bond donors (Lipinski definition) is 3. The molecule has 2 aromatic rings. The maximum absolute atomic E-state index is 9.45. The van der Waals surface area contributed by atoms with E-state index in [1.807, 2.05) is 30.3 Å². The monoisotopic (exact) mass is 307 g/mol. The molecule has 1 aromatic carbocycles. The van der Waals surface area contributed by atoms with Crippen LogP contribution in [0.15, 0.2) is 47.1 Å². The fourth-order valence-corrected chi connectivity index (χ4v) is 2.01. The van der Waals surface area contributed by atoms with Gasteiger partial charge in [0.15, 0.2) is 0 Å². The first-order chi connectivity index (χ1) is 8.70. The van der Waals surface area contributed by atoms with Crippen molar-refractivity contribution in [2.24, 2.45) is 0 Å². The first kappa shape index (κ1) is 12.9. The molecule has 0 saturated carbocycles. The van der Waals surface area contributed by atoms with E-state index in [-0.39, 0.29) is 12.6 Å². The number of rotatable bonds is 4. The van der Waals surface area contributed by atoms with Crippen LogP contribution in [0.5, 0.6) is 0 Å². The molecular formula is C13H14BrN3O. The molecule has 0 amide bonds. The van der Waals surface area contributed by atoms with Gasteiger partial charge >= 0.3 is 0 Å². The smallest absolute Gasteiger partial charge is 0.149 e. The highest BCUT2D eigenvalue weighted by Gasteiger charge is 2.12. The van der Waals surface area contributed by atoms with Gasteiger partial charge in [-0.1, -0.05) is 30.3 Å². The molecule has 5 heteroatoms. The lowest BCUT2D eigenvalue weighted by atomic mass is 10.1. The summed E-state index contributed by atoms with van der Waals surface area (Å²) in [6.07, 6.45) is 1.66. The summed E-state index contributed by atoms with van der Waals surface area (Å²) < 4.78 is 0.825. The van der Waals surface area contributed by atoms with E-state index >= 15 is 0 Å². The maximum Gasteiger partial charge on any atom is 0.149 e. The Hall–Kier alpha value is -1.59. The van der Waals surface area contributed by atoms with Crippen molar-refractivity contribution in [3.05, 3.63) is 52.6 Å². The Morgan fingerprint density at radius 2 is 2.06 bits per heavy atom. The van der Waals surface area contributed by atoms with Gasteiger partial charge in [-0.25, -0.2) is 4.98 Å². The van der Waals surface area contributed by atoms with E-state index in [0.717, 1.165) is 10.0 Å². The molecule has 18 heavy (non-hydrogen) atoms. The summed E-state index contributed by atoms with van der Waals surface area (Å²) in [6, 6.07) is 11.2. The van der Waals surface area contributed by atoms with Crippen LogP contribution < -0.4 is 11.1 Å². The number of nitrogens with one attached hydrogen (secondary N) is 1. The third-order valence-electron chi connectivity index (χ3n) is 2.58. The number of nitrogens with zero attached hydrogens (tertiary/aromatic N) is 1. The topological polar surface area (TPSA) is 71.2 Å². The molecule has 0 spiro atoms. The van der Waals surface area contributed by atoms with Gasteiger partial charge in [0, 0.05) is 10.7 Å². The van der Waals surface area contributed by atoms with Crippen LogP contribution in [-0.2, 0) is 0 Å². The SMILES string of the molecule is Nc1cc(Br)cnc1NC(CO)c1ccccc1. The van der Waals surface area contributed by atoms with Crippen LogP contribution in [0.2, 0.25) is 0 Å². The van der Waals surface area contributed by atoms with Gasteiger partial charge in [0.25, 0.3) is 0 Å². The van der Waals surface area contributed by atoms with Crippen molar-refractivity contribution in [1.82, 2.24) is 4.98 Å². The number of benzene rings is 1. The lowest BCUT2D eigenvalue weighted by molar-refractivity contribution is 0.276. The number of halogens is 1. The van der Waals surface area contributed by atoms with Crippen molar-refractivity contribution in [2.45, 2.75) is 6.04 Å². The second kappa shape index (κ2) is 5.84. The number of aromatic nitrogens is 1. The average Bonchev–Trinajstić information content (AvgIpc) is 2.39. The average molecular weight is 308 g/mol. The molecule has 1 atom stereocenters. The Morgan fingerprint density at radius 1 is 1.33 bits per heavy atom. The van der Waals surface area contributed by atoms with Gasteiger partial charge in [0.1, 0.15) is 5.82 Å². The van der Waals surface area contributed by atoms with Crippen LogP contribution in [-0.4, -0.2) is 16.7 Å². The standard InChI is InChI=1S/C13H14BrN3O/c14-10-6-11(15)13(16-7-10)17-12(8-18)9-4-2-1-3-5-9/h1-7,12,18H,8,15H2,(H,16,17). The third kappa shape index (κ3) is 3.00. The Kier molecular flexibility index (Phi) is 4.17. The van der Waals surface area contributed by atoms with Crippen LogP contribution in [0.3, 0.4) is 0 Å². The van der Waals surface area contributed by atoms with Crippen LogP contribution in [0.25, 0.3) is 0 Å². The largest absolute Gasteiger partial charge is 0.396 e. The second-order valence-electron chi connectivity index (χ2n) is 3.88. The van der Waals surface area contributed by atoms with Gasteiger partial charge < -0.3 is 16.2 Å². The zero-order valence-corrected chi connectivity index (χ0v) is 11.3. The first-order valence-corrected chi connectivity index (χ1v) is 6.33. The van der Waals surface area contributed by atoms with Gasteiger partial charge in [-0.15, -0.1) is 0 Å². The Balaban J connectivity index is 2.21. The predicted molar refractivity (Wildman–Crippen MR) is 76.2 cm³/mol. The number of nitrogen functional groups attached to an aromatic ring is 1. The minimum absolute atomic E-state index is 0.0266. The number of hydrogen-bond acceptors (Lipinski definition) is 4. The molecule has 0 aliphatic carbocycles. The van der Waals surface area contributed by atoms with Crippen molar-refractivity contribution >= 4 is 27.4 Å². The van der Waals surface area contributed by atoms with E-state index in [1.54, 1.807) is 12.3 Å². The number of anilines is 2. The summed E-state index contributed by atoms with van der Waals surface area (Å²) >= 11 is 3.30. The van der Waals surface area contributed by atoms with Crippen LogP contribution in [0.4, 0.5) is 11.5 Å². The number of pyridine rings is 1. The second-order valence-corrected chi connectivity index (χ2v) is 4.80. The molecule has 0 aliphatic heterocycles. The summed E-state index contributed by atoms with van der Waals surface area (Å²) in [4.78, 5) is 4.20. The summed E-state index contributed by atoms with van der Waals surface area (Å²) in [7, 11) is 0. The lowest BCUT2D eigenvalue weighted by Crippen LogP contribution is -2.16. The maximum atomic E-state index is 9.45.